The zero-order valence-electron chi connectivity index (χ0n) is 13.4. The summed E-state index contributed by atoms with van der Waals surface area (Å²) in [6.45, 7) is 16.9. The normalized spacial score (nSPS) is 25.1. The molecule has 0 aromatic rings. The summed E-state index contributed by atoms with van der Waals surface area (Å²) in [5, 5.41) is 10.3. The van der Waals surface area contributed by atoms with Gasteiger partial charge >= 0.3 is 0 Å². The third kappa shape index (κ3) is 3.82. The zero-order valence-corrected chi connectivity index (χ0v) is 14.4. The monoisotopic (exact) mass is 298 g/mol. The van der Waals surface area contributed by atoms with E-state index in [0.717, 1.165) is 30.1 Å². The number of ether oxygens (including phenoxy) is 1. The molecule has 3 nitrogen and oxygen atoms in total. The van der Waals surface area contributed by atoms with Crippen molar-refractivity contribution < 1.29 is 14.3 Å². The molecule has 0 aliphatic carbocycles. The van der Waals surface area contributed by atoms with Crippen LogP contribution in [0.1, 0.15) is 34.1 Å². The Morgan fingerprint density at radius 1 is 1.40 bits per heavy atom. The second kappa shape index (κ2) is 7.03. The molecule has 1 aliphatic heterocycles. The smallest absolute Gasteiger partial charge is 0.192 e. The number of rotatable bonds is 10. The Morgan fingerprint density at radius 2 is 1.90 bits per heavy atom. The van der Waals surface area contributed by atoms with E-state index in [4.69, 9.17) is 9.16 Å². The highest BCUT2D eigenvalue weighted by Gasteiger charge is 2.56. The zero-order chi connectivity index (χ0) is 15.4. The lowest BCUT2D eigenvalue weighted by Crippen LogP contribution is -2.50. The molecule has 0 bridgehead atoms. The van der Waals surface area contributed by atoms with Gasteiger partial charge in [0.2, 0.25) is 0 Å². The maximum atomic E-state index is 10.3. The SMILES string of the molecule is C=C[C@@H](O)[C@@H](O[Si](CC)(CC)CC)[C@@]1(CC(=C)C)CO1. The van der Waals surface area contributed by atoms with Gasteiger partial charge in [0.05, 0.1) is 12.7 Å². The number of hydrogen-bond donors (Lipinski definition) is 1. The summed E-state index contributed by atoms with van der Waals surface area (Å²) in [5.74, 6) is 0. The second-order valence-electron chi connectivity index (χ2n) is 6.00. The van der Waals surface area contributed by atoms with Crippen LogP contribution in [0.5, 0.6) is 0 Å². The molecule has 1 aliphatic rings. The first-order valence-corrected chi connectivity index (χ1v) is 10.2. The van der Waals surface area contributed by atoms with Crippen molar-refractivity contribution in [3.05, 3.63) is 24.8 Å². The molecule has 1 rings (SSSR count). The molecule has 1 heterocycles. The van der Waals surface area contributed by atoms with Crippen LogP contribution in [-0.4, -0.2) is 37.8 Å². The Bertz CT molecular complexity index is 337. The Morgan fingerprint density at radius 3 is 2.20 bits per heavy atom. The largest absolute Gasteiger partial charge is 0.408 e. The molecule has 0 amide bonds. The van der Waals surface area contributed by atoms with Gasteiger partial charge in [0.1, 0.15) is 11.7 Å². The first kappa shape index (κ1) is 17.6. The van der Waals surface area contributed by atoms with Gasteiger partial charge in [0.15, 0.2) is 8.32 Å². The van der Waals surface area contributed by atoms with Crippen LogP contribution >= 0.6 is 0 Å². The lowest BCUT2D eigenvalue weighted by Gasteiger charge is -2.37. The van der Waals surface area contributed by atoms with E-state index in [-0.39, 0.29) is 6.10 Å². The summed E-state index contributed by atoms with van der Waals surface area (Å²) in [4.78, 5) is 0. The Hall–Kier alpha value is -0.423. The van der Waals surface area contributed by atoms with E-state index < -0.39 is 20.0 Å². The molecular weight excluding hydrogens is 268 g/mol. The maximum absolute atomic E-state index is 10.3. The molecule has 1 N–H and O–H groups in total. The summed E-state index contributed by atoms with van der Waals surface area (Å²) >= 11 is 0. The Labute approximate surface area is 124 Å². The lowest BCUT2D eigenvalue weighted by molar-refractivity contribution is 0.00187. The third-order valence-electron chi connectivity index (χ3n) is 4.50. The molecule has 116 valence electrons. The number of hydrogen-bond acceptors (Lipinski definition) is 3. The van der Waals surface area contributed by atoms with Gasteiger partial charge in [-0.05, 0) is 25.1 Å². The number of aliphatic hydroxyl groups excluding tert-OH is 1. The van der Waals surface area contributed by atoms with Gasteiger partial charge in [0.25, 0.3) is 0 Å². The molecule has 20 heavy (non-hydrogen) atoms. The van der Waals surface area contributed by atoms with Crippen LogP contribution in [0.3, 0.4) is 0 Å². The van der Waals surface area contributed by atoms with Gasteiger partial charge in [0, 0.05) is 6.42 Å². The predicted molar refractivity (Wildman–Crippen MR) is 86.4 cm³/mol. The molecule has 0 saturated carbocycles. The van der Waals surface area contributed by atoms with Gasteiger partial charge in [-0.1, -0.05) is 32.4 Å². The molecule has 4 heteroatoms. The number of aliphatic hydroxyl groups is 1. The van der Waals surface area contributed by atoms with Crippen molar-refractivity contribution >= 4 is 8.32 Å². The van der Waals surface area contributed by atoms with E-state index in [2.05, 4.69) is 33.9 Å². The molecule has 0 radical (unpaired) electrons. The Balaban J connectivity index is 2.96. The highest BCUT2D eigenvalue weighted by Crippen LogP contribution is 2.42. The molecule has 0 aromatic heterocycles. The van der Waals surface area contributed by atoms with Crippen molar-refractivity contribution in [1.82, 2.24) is 0 Å². The summed E-state index contributed by atoms with van der Waals surface area (Å²) in [6.07, 6.45) is 1.30. The molecular formula is C16H30O3Si. The van der Waals surface area contributed by atoms with Crippen molar-refractivity contribution in [2.24, 2.45) is 0 Å². The van der Waals surface area contributed by atoms with Crippen LogP contribution in [0.2, 0.25) is 18.1 Å². The van der Waals surface area contributed by atoms with Crippen molar-refractivity contribution in [3.63, 3.8) is 0 Å². The standard InChI is InChI=1S/C16H30O3Si/c1-7-14(17)15(16(12-18-16)11-13(5)6)19-20(8-2,9-3)10-4/h7,14-15,17H,1,5,8-12H2,2-4,6H3/t14-,15-,16-/m1/s1. The average molecular weight is 298 g/mol. The maximum Gasteiger partial charge on any atom is 0.192 e. The summed E-state index contributed by atoms with van der Waals surface area (Å²) in [7, 11) is -1.80. The van der Waals surface area contributed by atoms with Crippen LogP contribution in [0.15, 0.2) is 24.8 Å². The summed E-state index contributed by atoms with van der Waals surface area (Å²) in [5.41, 5.74) is 0.668. The fourth-order valence-corrected chi connectivity index (χ4v) is 5.74. The van der Waals surface area contributed by atoms with Crippen LogP contribution < -0.4 is 0 Å². The van der Waals surface area contributed by atoms with Gasteiger partial charge in [-0.3, -0.25) is 0 Å². The summed E-state index contributed by atoms with van der Waals surface area (Å²) < 4.78 is 12.2. The predicted octanol–water partition coefficient (Wildman–Crippen LogP) is 3.66. The van der Waals surface area contributed by atoms with Crippen LogP contribution in [0, 0.1) is 0 Å². The minimum atomic E-state index is -1.80. The second-order valence-corrected chi connectivity index (χ2v) is 10.7. The molecule has 1 fully saturated rings. The molecule has 3 atom stereocenters. The fraction of sp³-hybridized carbons (Fsp3) is 0.750. The topological polar surface area (TPSA) is 42.0 Å². The third-order valence-corrected chi connectivity index (χ3v) is 9.12. The van der Waals surface area contributed by atoms with Crippen LogP contribution in [0.25, 0.3) is 0 Å². The fourth-order valence-electron chi connectivity index (χ4n) is 2.85. The van der Waals surface area contributed by atoms with Crippen molar-refractivity contribution in [1.29, 1.82) is 0 Å². The highest BCUT2D eigenvalue weighted by atomic mass is 28.4. The van der Waals surface area contributed by atoms with Crippen molar-refractivity contribution in [3.8, 4) is 0 Å². The molecule has 0 spiro atoms. The van der Waals surface area contributed by atoms with Gasteiger partial charge in [-0.25, -0.2) is 0 Å². The van der Waals surface area contributed by atoms with Crippen molar-refractivity contribution in [2.45, 2.75) is 70.1 Å². The van der Waals surface area contributed by atoms with Crippen molar-refractivity contribution in [2.75, 3.05) is 6.61 Å². The van der Waals surface area contributed by atoms with Gasteiger partial charge in [-0.15, -0.1) is 13.2 Å². The van der Waals surface area contributed by atoms with E-state index in [0.29, 0.717) is 6.61 Å². The first-order chi connectivity index (χ1) is 9.38. The quantitative estimate of drug-likeness (QED) is 0.380. The van der Waals surface area contributed by atoms with Crippen LogP contribution in [-0.2, 0) is 9.16 Å². The first-order valence-electron chi connectivity index (χ1n) is 7.65. The lowest BCUT2D eigenvalue weighted by atomic mass is 9.92. The molecule has 0 aromatic carbocycles. The van der Waals surface area contributed by atoms with E-state index in [1.165, 1.54) is 0 Å². The van der Waals surface area contributed by atoms with Gasteiger partial charge in [-0.2, -0.15) is 0 Å². The summed E-state index contributed by atoms with van der Waals surface area (Å²) in [6, 6.07) is 3.18. The van der Waals surface area contributed by atoms with Crippen LogP contribution in [0.4, 0.5) is 0 Å². The average Bonchev–Trinajstić information content (AvgIpc) is 3.20. The minimum Gasteiger partial charge on any atom is -0.408 e. The van der Waals surface area contributed by atoms with E-state index >= 15 is 0 Å². The minimum absolute atomic E-state index is 0.316. The molecule has 0 unspecified atom stereocenters. The number of epoxide rings is 1. The highest BCUT2D eigenvalue weighted by molar-refractivity contribution is 6.73. The molecule has 1 saturated heterocycles. The Kier molecular flexibility index (Phi) is 6.19. The van der Waals surface area contributed by atoms with E-state index in [9.17, 15) is 5.11 Å². The van der Waals surface area contributed by atoms with E-state index in [1.54, 1.807) is 6.08 Å². The van der Waals surface area contributed by atoms with E-state index in [1.807, 2.05) is 6.92 Å². The van der Waals surface area contributed by atoms with Gasteiger partial charge < -0.3 is 14.3 Å².